The average molecular weight is 723 g/mol. The molecule has 0 bridgehead atoms. The second kappa shape index (κ2) is 17.1. The number of benzene rings is 2. The summed E-state index contributed by atoms with van der Waals surface area (Å²) in [5.41, 5.74) is 2.29. The van der Waals surface area contributed by atoms with E-state index in [1.54, 1.807) is 29.3 Å². The highest BCUT2D eigenvalue weighted by molar-refractivity contribution is 6.32. The summed E-state index contributed by atoms with van der Waals surface area (Å²) in [5, 5.41) is 31.9. The number of pyridine rings is 1. The Morgan fingerprint density at radius 3 is 2.57 bits per heavy atom. The Labute approximate surface area is 303 Å². The molecule has 1 unspecified atom stereocenters. The smallest absolute Gasteiger partial charge is 0.261 e. The molecule has 2 heterocycles. The van der Waals surface area contributed by atoms with Gasteiger partial charge in [-0.25, -0.2) is 8.78 Å². The van der Waals surface area contributed by atoms with E-state index in [4.69, 9.17) is 25.8 Å². The van der Waals surface area contributed by atoms with Gasteiger partial charge in [0, 0.05) is 67.7 Å². The van der Waals surface area contributed by atoms with Crippen molar-refractivity contribution in [3.8, 4) is 17.6 Å². The lowest BCUT2D eigenvalue weighted by atomic mass is 9.65. The predicted molar refractivity (Wildman–Crippen MR) is 192 cm³/mol. The highest BCUT2D eigenvalue weighted by atomic mass is 35.5. The maximum atomic E-state index is 13.8. The number of halogens is 3. The van der Waals surface area contributed by atoms with Crippen molar-refractivity contribution in [2.45, 2.75) is 57.4 Å². The molecule has 272 valence electrons. The Hall–Kier alpha value is -3.89. The van der Waals surface area contributed by atoms with Gasteiger partial charge in [-0.05, 0) is 35.8 Å². The summed E-state index contributed by atoms with van der Waals surface area (Å²) >= 11 is 6.83. The topological polar surface area (TPSA) is 120 Å². The highest BCUT2D eigenvalue weighted by Gasteiger charge is 2.49. The van der Waals surface area contributed by atoms with Crippen LogP contribution >= 0.6 is 11.6 Å². The number of alkyl halides is 2. The Balaban J connectivity index is 1.40. The van der Waals surface area contributed by atoms with Crippen LogP contribution in [-0.2, 0) is 17.9 Å². The van der Waals surface area contributed by atoms with E-state index in [0.29, 0.717) is 59.3 Å². The van der Waals surface area contributed by atoms with Gasteiger partial charge in [-0.1, -0.05) is 67.9 Å². The fraction of sp³-hybridized carbons (Fsp3) is 0.436. The third-order valence-electron chi connectivity index (χ3n) is 9.57. The van der Waals surface area contributed by atoms with E-state index < -0.39 is 23.0 Å². The van der Waals surface area contributed by atoms with Crippen molar-refractivity contribution in [2.75, 3.05) is 46.1 Å². The maximum Gasteiger partial charge on any atom is 0.261 e. The molecule has 2 aromatic carbocycles. The lowest BCUT2D eigenvalue weighted by Crippen LogP contribution is -2.52. The van der Waals surface area contributed by atoms with Crippen molar-refractivity contribution >= 4 is 17.2 Å². The molecule has 12 heteroatoms. The van der Waals surface area contributed by atoms with E-state index in [2.05, 4.69) is 48.4 Å². The molecule has 1 aliphatic carbocycles. The molecule has 1 fully saturated rings. The van der Waals surface area contributed by atoms with Crippen LogP contribution in [-0.4, -0.2) is 83.7 Å². The van der Waals surface area contributed by atoms with Crippen LogP contribution in [0.3, 0.4) is 0 Å². The molecular weight excluding hydrogens is 678 g/mol. The highest BCUT2D eigenvalue weighted by Crippen LogP contribution is 2.49. The monoisotopic (exact) mass is 722 g/mol. The van der Waals surface area contributed by atoms with E-state index in [1.165, 1.54) is 6.20 Å². The first kappa shape index (κ1) is 38.3. The summed E-state index contributed by atoms with van der Waals surface area (Å²) in [6.07, 6.45) is 9.56. The van der Waals surface area contributed by atoms with Crippen molar-refractivity contribution in [1.82, 2.24) is 15.2 Å². The van der Waals surface area contributed by atoms with Crippen LogP contribution in [0.5, 0.6) is 11.5 Å². The number of rotatable bonds is 17. The quantitative estimate of drug-likeness (QED) is 0.141. The number of nitrogens with one attached hydrogen (secondary N) is 1. The first-order chi connectivity index (χ1) is 24.5. The SMILES string of the molecule is CC1(C)C(c2ccccc2)=CC=CC1(COc1cc(OCc2cncc(C#N)c2)c(CNC(CO)CO)cc1Cl)OCCCN1CCC(F)(F)C1. The molecule has 1 aliphatic heterocycles. The number of ether oxygens (including phenoxy) is 3. The number of hydrogen-bond acceptors (Lipinski definition) is 9. The van der Waals surface area contributed by atoms with Crippen LogP contribution in [0.25, 0.3) is 5.57 Å². The van der Waals surface area contributed by atoms with Crippen LogP contribution in [0.2, 0.25) is 5.02 Å². The number of likely N-dealkylation sites (tertiary alicyclic amines) is 1. The van der Waals surface area contributed by atoms with Crippen molar-refractivity contribution in [3.05, 3.63) is 106 Å². The number of aliphatic hydroxyl groups excluding tert-OH is 2. The van der Waals surface area contributed by atoms with Gasteiger partial charge in [0.05, 0.1) is 36.4 Å². The second-order valence-electron chi connectivity index (χ2n) is 13.5. The molecule has 0 saturated carbocycles. The first-order valence-corrected chi connectivity index (χ1v) is 17.4. The standard InChI is InChI=1S/C39H45ClF2N4O5/c1-37(2)33(30-8-4-3-5-9-30)10-6-11-38(37,51-15-7-13-46-14-12-39(41,42)26-46)27-50-36-18-35(49-25-29-16-28(19-43)20-44-21-29)31(17-34(36)40)22-45-32(23-47)24-48/h3-6,8-11,16-18,20-21,32,45,47-48H,7,12-15,22-27H2,1-2H3. The van der Waals surface area contributed by atoms with Crippen molar-refractivity contribution in [3.63, 3.8) is 0 Å². The van der Waals surface area contributed by atoms with E-state index in [-0.39, 0.29) is 45.9 Å². The summed E-state index contributed by atoms with van der Waals surface area (Å²) in [6.45, 7) is 5.05. The second-order valence-corrected chi connectivity index (χ2v) is 13.9. The zero-order chi connectivity index (χ0) is 36.5. The third kappa shape index (κ3) is 9.51. The third-order valence-corrected chi connectivity index (χ3v) is 9.86. The Kier molecular flexibility index (Phi) is 12.8. The van der Waals surface area contributed by atoms with Crippen molar-refractivity contribution < 1.29 is 33.2 Å². The first-order valence-electron chi connectivity index (χ1n) is 17.1. The van der Waals surface area contributed by atoms with Gasteiger partial charge < -0.3 is 29.7 Å². The lowest BCUT2D eigenvalue weighted by molar-refractivity contribution is -0.0929. The minimum absolute atomic E-state index is 0.0739. The number of nitrogens with zero attached hydrogens (tertiary/aromatic N) is 3. The largest absolute Gasteiger partial charge is 0.488 e. The predicted octanol–water partition coefficient (Wildman–Crippen LogP) is 6.17. The molecule has 1 atom stereocenters. The molecule has 0 amide bonds. The van der Waals surface area contributed by atoms with E-state index in [9.17, 15) is 24.3 Å². The van der Waals surface area contributed by atoms with Crippen LogP contribution in [0, 0.1) is 16.7 Å². The molecule has 3 aromatic rings. The Morgan fingerprint density at radius 1 is 1.08 bits per heavy atom. The lowest BCUT2D eigenvalue weighted by Gasteiger charge is -2.47. The summed E-state index contributed by atoms with van der Waals surface area (Å²) in [4.78, 5) is 5.89. The zero-order valence-corrected chi connectivity index (χ0v) is 29.7. The number of aromatic nitrogens is 1. The normalized spacial score (nSPS) is 19.5. The fourth-order valence-electron chi connectivity index (χ4n) is 6.43. The van der Waals surface area contributed by atoms with Crippen molar-refractivity contribution in [2.24, 2.45) is 5.41 Å². The molecule has 5 rings (SSSR count). The molecular formula is C39H45ClF2N4O5. The summed E-state index contributed by atoms with van der Waals surface area (Å²) < 4.78 is 47.2. The van der Waals surface area contributed by atoms with Gasteiger partial charge in [0.2, 0.25) is 0 Å². The number of aliphatic hydroxyl groups is 2. The molecule has 0 radical (unpaired) electrons. The van der Waals surface area contributed by atoms with Gasteiger partial charge in [-0.3, -0.25) is 9.88 Å². The van der Waals surface area contributed by atoms with Gasteiger partial charge in [0.1, 0.15) is 36.4 Å². The van der Waals surface area contributed by atoms with Gasteiger partial charge in [-0.15, -0.1) is 0 Å². The average Bonchev–Trinajstić information content (AvgIpc) is 3.48. The van der Waals surface area contributed by atoms with E-state index >= 15 is 0 Å². The minimum atomic E-state index is -2.65. The number of allylic oxidation sites excluding steroid dienone is 2. The van der Waals surface area contributed by atoms with Crippen molar-refractivity contribution in [1.29, 1.82) is 5.26 Å². The van der Waals surface area contributed by atoms with Gasteiger partial charge in [-0.2, -0.15) is 5.26 Å². The molecule has 51 heavy (non-hydrogen) atoms. The van der Waals surface area contributed by atoms with Crippen LogP contribution in [0.1, 0.15) is 48.9 Å². The molecule has 1 saturated heterocycles. The molecule has 2 aliphatic rings. The molecule has 1 aromatic heterocycles. The summed E-state index contributed by atoms with van der Waals surface area (Å²) in [7, 11) is 0. The Bertz CT molecular complexity index is 1730. The van der Waals surface area contributed by atoms with Crippen LogP contribution < -0.4 is 14.8 Å². The van der Waals surface area contributed by atoms with Gasteiger partial charge in [0.15, 0.2) is 0 Å². The van der Waals surface area contributed by atoms with Gasteiger partial charge in [0.25, 0.3) is 5.92 Å². The fourth-order valence-corrected chi connectivity index (χ4v) is 6.67. The van der Waals surface area contributed by atoms with Crippen LogP contribution in [0.15, 0.2) is 79.2 Å². The zero-order valence-electron chi connectivity index (χ0n) is 29.0. The maximum absolute atomic E-state index is 13.8. The molecule has 0 spiro atoms. The minimum Gasteiger partial charge on any atom is -0.488 e. The van der Waals surface area contributed by atoms with E-state index in [0.717, 1.165) is 11.1 Å². The van der Waals surface area contributed by atoms with Gasteiger partial charge >= 0.3 is 0 Å². The molecule has 3 N–H and O–H groups in total. The molecule has 9 nitrogen and oxygen atoms in total. The Morgan fingerprint density at radius 2 is 1.86 bits per heavy atom. The van der Waals surface area contributed by atoms with E-state index in [1.807, 2.05) is 30.4 Å². The summed E-state index contributed by atoms with van der Waals surface area (Å²) in [6, 6.07) is 16.7. The summed E-state index contributed by atoms with van der Waals surface area (Å²) in [5.74, 6) is -1.86. The van der Waals surface area contributed by atoms with Crippen LogP contribution in [0.4, 0.5) is 8.78 Å². The number of nitriles is 1. The number of hydrogen-bond donors (Lipinski definition) is 3.